The van der Waals surface area contributed by atoms with E-state index >= 15 is 0 Å². The van der Waals surface area contributed by atoms with E-state index in [4.69, 9.17) is 15.2 Å². The smallest absolute Gasteiger partial charge is 0.128 e. The second-order valence-electron chi connectivity index (χ2n) is 4.53. The lowest BCUT2D eigenvalue weighted by Gasteiger charge is -2.09. The summed E-state index contributed by atoms with van der Waals surface area (Å²) in [5, 5.41) is 2.98. The predicted octanol–water partition coefficient (Wildman–Crippen LogP) is 3.63. The van der Waals surface area contributed by atoms with Gasteiger partial charge in [0.05, 0.1) is 26.0 Å². The third kappa shape index (κ3) is 3.11. The molecule has 0 saturated carbocycles. The third-order valence-electron chi connectivity index (χ3n) is 3.12. The lowest BCUT2D eigenvalue weighted by atomic mass is 10.1. The molecular formula is C15H20N2O2S. The van der Waals surface area contributed by atoms with Gasteiger partial charge in [-0.05, 0) is 24.6 Å². The van der Waals surface area contributed by atoms with Crippen molar-refractivity contribution >= 4 is 11.3 Å². The molecule has 20 heavy (non-hydrogen) atoms. The molecule has 0 radical (unpaired) electrons. The van der Waals surface area contributed by atoms with Gasteiger partial charge in [0, 0.05) is 10.9 Å². The van der Waals surface area contributed by atoms with E-state index in [2.05, 4.69) is 11.9 Å². The maximum absolute atomic E-state index is 6.12. The fourth-order valence-corrected chi connectivity index (χ4v) is 2.89. The number of rotatable bonds is 6. The van der Waals surface area contributed by atoms with Gasteiger partial charge in [0.15, 0.2) is 0 Å². The Kier molecular flexibility index (Phi) is 4.98. The van der Waals surface area contributed by atoms with Crippen LogP contribution in [0.4, 0.5) is 0 Å². The van der Waals surface area contributed by atoms with Crippen molar-refractivity contribution in [3.63, 3.8) is 0 Å². The Labute approximate surface area is 123 Å². The molecule has 1 atom stereocenters. The maximum Gasteiger partial charge on any atom is 0.128 e. The molecule has 5 heteroatoms. The van der Waals surface area contributed by atoms with E-state index in [1.807, 2.05) is 23.6 Å². The number of aromatic nitrogens is 1. The van der Waals surface area contributed by atoms with Crippen LogP contribution < -0.4 is 15.2 Å². The summed E-state index contributed by atoms with van der Waals surface area (Å²) in [4.78, 5) is 4.64. The Bertz CT molecular complexity index is 569. The third-order valence-corrected chi connectivity index (χ3v) is 4.10. The highest BCUT2D eigenvalue weighted by Crippen LogP contribution is 2.35. The van der Waals surface area contributed by atoms with E-state index in [-0.39, 0.29) is 6.04 Å². The van der Waals surface area contributed by atoms with Gasteiger partial charge in [0.1, 0.15) is 16.5 Å². The SMILES string of the molecule is CCCC(N)c1nc(-c2cc(OC)ccc2OC)cs1. The minimum absolute atomic E-state index is 0.00959. The topological polar surface area (TPSA) is 57.4 Å². The number of thiazole rings is 1. The first-order valence-corrected chi connectivity index (χ1v) is 7.51. The largest absolute Gasteiger partial charge is 0.497 e. The molecule has 2 N–H and O–H groups in total. The first-order chi connectivity index (χ1) is 9.69. The van der Waals surface area contributed by atoms with Crippen LogP contribution in [0.25, 0.3) is 11.3 Å². The van der Waals surface area contributed by atoms with Gasteiger partial charge in [-0.2, -0.15) is 0 Å². The number of ether oxygens (including phenoxy) is 2. The number of benzene rings is 1. The van der Waals surface area contributed by atoms with Crippen molar-refractivity contribution in [1.29, 1.82) is 0 Å². The quantitative estimate of drug-likeness (QED) is 0.883. The van der Waals surface area contributed by atoms with Gasteiger partial charge >= 0.3 is 0 Å². The number of nitrogens with two attached hydrogens (primary N) is 1. The lowest BCUT2D eigenvalue weighted by Crippen LogP contribution is -2.09. The Morgan fingerprint density at radius 1 is 1.30 bits per heavy atom. The summed E-state index contributed by atoms with van der Waals surface area (Å²) < 4.78 is 10.7. The number of nitrogens with zero attached hydrogens (tertiary/aromatic N) is 1. The molecule has 0 spiro atoms. The van der Waals surface area contributed by atoms with Crippen LogP contribution >= 0.6 is 11.3 Å². The number of hydrogen-bond donors (Lipinski definition) is 1. The van der Waals surface area contributed by atoms with Gasteiger partial charge in [-0.1, -0.05) is 13.3 Å². The Morgan fingerprint density at radius 3 is 2.75 bits per heavy atom. The molecule has 0 bridgehead atoms. The second kappa shape index (κ2) is 6.72. The van der Waals surface area contributed by atoms with E-state index in [1.165, 1.54) is 0 Å². The highest BCUT2D eigenvalue weighted by atomic mass is 32.1. The van der Waals surface area contributed by atoms with Crippen LogP contribution in [0.3, 0.4) is 0 Å². The molecule has 1 aromatic carbocycles. The molecule has 1 unspecified atom stereocenters. The van der Waals surface area contributed by atoms with Gasteiger partial charge < -0.3 is 15.2 Å². The number of hydrogen-bond acceptors (Lipinski definition) is 5. The summed E-state index contributed by atoms with van der Waals surface area (Å²) in [6.45, 7) is 2.12. The molecule has 0 aliphatic heterocycles. The van der Waals surface area contributed by atoms with Gasteiger partial charge in [0.25, 0.3) is 0 Å². The Hall–Kier alpha value is -1.59. The van der Waals surface area contributed by atoms with Crippen molar-refractivity contribution in [2.75, 3.05) is 14.2 Å². The average molecular weight is 292 g/mol. The summed E-state index contributed by atoms with van der Waals surface area (Å²) in [5.41, 5.74) is 7.93. The molecule has 0 aliphatic rings. The summed E-state index contributed by atoms with van der Waals surface area (Å²) >= 11 is 1.59. The highest BCUT2D eigenvalue weighted by Gasteiger charge is 2.14. The molecule has 2 aromatic rings. The molecule has 0 saturated heterocycles. The summed E-state index contributed by atoms with van der Waals surface area (Å²) in [6.07, 6.45) is 2.00. The standard InChI is InChI=1S/C15H20N2O2S/c1-4-5-12(16)15-17-13(9-20-15)11-8-10(18-2)6-7-14(11)19-3/h6-9,12H,4-5,16H2,1-3H3. The first-order valence-electron chi connectivity index (χ1n) is 6.63. The Morgan fingerprint density at radius 2 is 2.10 bits per heavy atom. The van der Waals surface area contributed by atoms with Crippen LogP contribution in [0, 0.1) is 0 Å². The van der Waals surface area contributed by atoms with E-state index in [1.54, 1.807) is 25.6 Å². The van der Waals surface area contributed by atoms with Crippen LogP contribution in [-0.2, 0) is 0 Å². The second-order valence-corrected chi connectivity index (χ2v) is 5.42. The lowest BCUT2D eigenvalue weighted by molar-refractivity contribution is 0.404. The van der Waals surface area contributed by atoms with Crippen molar-refractivity contribution < 1.29 is 9.47 Å². The molecule has 0 fully saturated rings. The van der Waals surface area contributed by atoms with Crippen LogP contribution in [0.2, 0.25) is 0 Å². The fraction of sp³-hybridized carbons (Fsp3) is 0.400. The predicted molar refractivity (Wildman–Crippen MR) is 82.5 cm³/mol. The Balaban J connectivity index is 2.35. The van der Waals surface area contributed by atoms with Crippen molar-refractivity contribution in [3.8, 4) is 22.8 Å². The zero-order chi connectivity index (χ0) is 14.5. The zero-order valence-electron chi connectivity index (χ0n) is 12.1. The van der Waals surface area contributed by atoms with E-state index < -0.39 is 0 Å². The van der Waals surface area contributed by atoms with Gasteiger partial charge in [0.2, 0.25) is 0 Å². The van der Waals surface area contributed by atoms with Crippen LogP contribution in [0.15, 0.2) is 23.6 Å². The molecule has 0 aliphatic carbocycles. The van der Waals surface area contributed by atoms with Crippen LogP contribution in [0.1, 0.15) is 30.8 Å². The van der Waals surface area contributed by atoms with E-state index in [0.29, 0.717) is 0 Å². The van der Waals surface area contributed by atoms with Gasteiger partial charge in [-0.3, -0.25) is 0 Å². The zero-order valence-corrected chi connectivity index (χ0v) is 12.9. The summed E-state index contributed by atoms with van der Waals surface area (Å²) in [5.74, 6) is 1.57. The minimum Gasteiger partial charge on any atom is -0.497 e. The van der Waals surface area contributed by atoms with E-state index in [0.717, 1.165) is 40.6 Å². The van der Waals surface area contributed by atoms with Gasteiger partial charge in [-0.15, -0.1) is 11.3 Å². The first kappa shape index (κ1) is 14.8. The summed E-state index contributed by atoms with van der Waals surface area (Å²) in [7, 11) is 3.30. The molecule has 4 nitrogen and oxygen atoms in total. The van der Waals surface area contributed by atoms with Crippen LogP contribution in [0.5, 0.6) is 11.5 Å². The summed E-state index contributed by atoms with van der Waals surface area (Å²) in [6, 6.07) is 5.70. The normalized spacial score (nSPS) is 12.2. The molecule has 1 heterocycles. The molecule has 1 aromatic heterocycles. The minimum atomic E-state index is 0.00959. The van der Waals surface area contributed by atoms with Crippen molar-refractivity contribution in [1.82, 2.24) is 4.98 Å². The maximum atomic E-state index is 6.12. The molecule has 108 valence electrons. The van der Waals surface area contributed by atoms with Crippen LogP contribution in [-0.4, -0.2) is 19.2 Å². The van der Waals surface area contributed by atoms with Gasteiger partial charge in [-0.25, -0.2) is 4.98 Å². The highest BCUT2D eigenvalue weighted by molar-refractivity contribution is 7.10. The average Bonchev–Trinajstić information content (AvgIpc) is 2.96. The van der Waals surface area contributed by atoms with Crippen molar-refractivity contribution in [2.45, 2.75) is 25.8 Å². The van der Waals surface area contributed by atoms with E-state index in [9.17, 15) is 0 Å². The number of methoxy groups -OCH3 is 2. The van der Waals surface area contributed by atoms with Crippen molar-refractivity contribution in [3.05, 3.63) is 28.6 Å². The van der Waals surface area contributed by atoms with Crippen molar-refractivity contribution in [2.24, 2.45) is 5.73 Å². The molecule has 0 amide bonds. The molecular weight excluding hydrogens is 272 g/mol. The molecule has 2 rings (SSSR count). The fourth-order valence-electron chi connectivity index (χ4n) is 2.03. The monoisotopic (exact) mass is 292 g/mol.